The van der Waals surface area contributed by atoms with E-state index in [0.717, 1.165) is 10.0 Å². The molecule has 10 heteroatoms. The second-order valence-corrected chi connectivity index (χ2v) is 10.5. The molecule has 3 aromatic rings. The molecule has 0 radical (unpaired) electrons. The lowest BCUT2D eigenvalue weighted by Crippen LogP contribution is -2.58. The Morgan fingerprint density at radius 2 is 2.12 bits per heavy atom. The average molecular weight is 519 g/mol. The van der Waals surface area contributed by atoms with E-state index in [-0.39, 0.29) is 18.6 Å². The minimum Gasteiger partial charge on any atom is -0.479 e. The third kappa shape index (κ3) is 3.98. The third-order valence-corrected chi connectivity index (χ3v) is 6.92. The standard InChI is InChI=1S/C22H23BrN4O4S/c1-21(2,3)15-6-5-14(11-16(15)23)18(28)27-19(17-24-8-10-32-17)31-13-22(27,20(29)30)12-26-9-4-7-25-26/h4-11,19H,12-13H2,1-3H3,(H,29,30). The Labute approximate surface area is 198 Å². The molecular weight excluding hydrogens is 496 g/mol. The molecule has 0 spiro atoms. The Kier molecular flexibility index (Phi) is 5.95. The van der Waals surface area contributed by atoms with Crippen LogP contribution in [0, 0.1) is 0 Å². The summed E-state index contributed by atoms with van der Waals surface area (Å²) in [5, 5.41) is 16.8. The van der Waals surface area contributed by atoms with Crippen LogP contribution in [-0.4, -0.2) is 48.8 Å². The van der Waals surface area contributed by atoms with Crippen molar-refractivity contribution in [2.45, 2.75) is 44.5 Å². The van der Waals surface area contributed by atoms with Crippen LogP contribution < -0.4 is 0 Å². The summed E-state index contributed by atoms with van der Waals surface area (Å²) in [6.07, 6.45) is 3.93. The molecule has 8 nitrogen and oxygen atoms in total. The molecule has 1 amide bonds. The lowest BCUT2D eigenvalue weighted by molar-refractivity contribution is -0.149. The highest BCUT2D eigenvalue weighted by Crippen LogP contribution is 2.41. The van der Waals surface area contributed by atoms with Crippen LogP contribution in [0.15, 0.2) is 52.7 Å². The van der Waals surface area contributed by atoms with Crippen molar-refractivity contribution in [3.8, 4) is 0 Å². The van der Waals surface area contributed by atoms with Gasteiger partial charge in [0.15, 0.2) is 11.8 Å². The van der Waals surface area contributed by atoms with E-state index in [1.165, 1.54) is 20.9 Å². The Hall–Kier alpha value is -2.56. The van der Waals surface area contributed by atoms with Crippen LogP contribution in [0.25, 0.3) is 0 Å². The fraction of sp³-hybridized carbons (Fsp3) is 0.364. The lowest BCUT2D eigenvalue weighted by atomic mass is 9.86. The van der Waals surface area contributed by atoms with Crippen LogP contribution >= 0.6 is 27.3 Å². The zero-order valence-electron chi connectivity index (χ0n) is 17.9. The molecule has 168 valence electrons. The van der Waals surface area contributed by atoms with Gasteiger partial charge in [0.25, 0.3) is 5.91 Å². The molecule has 0 bridgehead atoms. The SMILES string of the molecule is CC(C)(C)c1ccc(C(=O)N2C(c3nccs3)OCC2(Cn2cccn2)C(=O)O)cc1Br. The summed E-state index contributed by atoms with van der Waals surface area (Å²) in [5.74, 6) is -1.61. The van der Waals surface area contributed by atoms with Crippen molar-refractivity contribution in [3.05, 3.63) is 68.8 Å². The molecule has 4 rings (SSSR count). The van der Waals surface area contributed by atoms with Crippen LogP contribution in [0.2, 0.25) is 0 Å². The third-order valence-electron chi connectivity index (χ3n) is 5.46. The van der Waals surface area contributed by atoms with Gasteiger partial charge in [-0.3, -0.25) is 14.4 Å². The normalized spacial score (nSPS) is 21.1. The summed E-state index contributed by atoms with van der Waals surface area (Å²) in [4.78, 5) is 32.0. The fourth-order valence-corrected chi connectivity index (χ4v) is 5.48. The van der Waals surface area contributed by atoms with Crippen molar-refractivity contribution in [3.63, 3.8) is 0 Å². The van der Waals surface area contributed by atoms with Gasteiger partial charge in [-0.2, -0.15) is 5.10 Å². The number of halogens is 1. The first-order valence-corrected chi connectivity index (χ1v) is 11.7. The van der Waals surface area contributed by atoms with Crippen molar-refractivity contribution in [2.24, 2.45) is 0 Å². The molecule has 2 aromatic heterocycles. The van der Waals surface area contributed by atoms with Gasteiger partial charge < -0.3 is 9.84 Å². The van der Waals surface area contributed by atoms with Crippen LogP contribution in [0.1, 0.15) is 47.9 Å². The first-order valence-electron chi connectivity index (χ1n) is 9.99. The van der Waals surface area contributed by atoms with E-state index in [1.54, 1.807) is 42.2 Å². The molecule has 3 heterocycles. The summed E-state index contributed by atoms with van der Waals surface area (Å²) in [6, 6.07) is 7.06. The second-order valence-electron chi connectivity index (χ2n) is 8.69. The van der Waals surface area contributed by atoms with Crippen LogP contribution in [0.5, 0.6) is 0 Å². The maximum Gasteiger partial charge on any atom is 0.334 e. The number of carboxylic acids is 1. The highest BCUT2D eigenvalue weighted by Gasteiger charge is 2.57. The van der Waals surface area contributed by atoms with Gasteiger partial charge >= 0.3 is 5.97 Å². The molecule has 0 aliphatic carbocycles. The van der Waals surface area contributed by atoms with Crippen LogP contribution in [-0.2, 0) is 21.5 Å². The van der Waals surface area contributed by atoms with Gasteiger partial charge in [-0.05, 0) is 29.2 Å². The highest BCUT2D eigenvalue weighted by atomic mass is 79.9. The Bertz CT molecular complexity index is 1130. The van der Waals surface area contributed by atoms with E-state index in [1.807, 2.05) is 6.07 Å². The Morgan fingerprint density at radius 1 is 1.34 bits per heavy atom. The highest BCUT2D eigenvalue weighted by molar-refractivity contribution is 9.10. The van der Waals surface area contributed by atoms with E-state index >= 15 is 0 Å². The number of hydrogen-bond donors (Lipinski definition) is 1. The zero-order chi connectivity index (χ0) is 23.1. The number of carbonyl (C=O) groups excluding carboxylic acids is 1. The summed E-state index contributed by atoms with van der Waals surface area (Å²) < 4.78 is 8.19. The minimum atomic E-state index is -1.64. The number of nitrogens with zero attached hydrogens (tertiary/aromatic N) is 4. The average Bonchev–Trinajstić information content (AvgIpc) is 3.48. The zero-order valence-corrected chi connectivity index (χ0v) is 20.3. The van der Waals surface area contributed by atoms with Crippen molar-refractivity contribution < 1.29 is 19.4 Å². The number of carboxylic acid groups (broad SMARTS) is 1. The van der Waals surface area contributed by atoms with Gasteiger partial charge in [-0.25, -0.2) is 9.78 Å². The molecule has 32 heavy (non-hydrogen) atoms. The summed E-state index contributed by atoms with van der Waals surface area (Å²) in [7, 11) is 0. The van der Waals surface area contributed by atoms with Crippen molar-refractivity contribution in [1.29, 1.82) is 0 Å². The first kappa shape index (κ1) is 22.6. The molecule has 1 saturated heterocycles. The maximum atomic E-state index is 13.8. The predicted molar refractivity (Wildman–Crippen MR) is 122 cm³/mol. The topological polar surface area (TPSA) is 97.6 Å². The van der Waals surface area contributed by atoms with Gasteiger partial charge in [0.1, 0.15) is 5.01 Å². The molecule has 0 saturated carbocycles. The quantitative estimate of drug-likeness (QED) is 0.546. The van der Waals surface area contributed by atoms with E-state index in [2.05, 4.69) is 46.8 Å². The van der Waals surface area contributed by atoms with Crippen LogP contribution in [0.3, 0.4) is 0 Å². The van der Waals surface area contributed by atoms with Gasteiger partial charge in [0.05, 0.1) is 13.2 Å². The van der Waals surface area contributed by atoms with Gasteiger partial charge in [0, 0.05) is 34.0 Å². The van der Waals surface area contributed by atoms with Gasteiger partial charge in [-0.1, -0.05) is 42.8 Å². The van der Waals surface area contributed by atoms with E-state index < -0.39 is 23.6 Å². The van der Waals surface area contributed by atoms with Crippen LogP contribution in [0.4, 0.5) is 0 Å². The molecule has 1 aliphatic rings. The number of amides is 1. The largest absolute Gasteiger partial charge is 0.479 e. The summed E-state index contributed by atoms with van der Waals surface area (Å²) >= 11 is 4.89. The molecule has 1 N–H and O–H groups in total. The first-order chi connectivity index (χ1) is 15.1. The second kappa shape index (κ2) is 8.42. The van der Waals surface area contributed by atoms with Gasteiger partial charge in [0.2, 0.25) is 0 Å². The number of aliphatic carboxylic acids is 1. The smallest absolute Gasteiger partial charge is 0.334 e. The van der Waals surface area contributed by atoms with E-state index in [9.17, 15) is 14.7 Å². The molecule has 2 atom stereocenters. The molecule has 1 aromatic carbocycles. The Balaban J connectivity index is 1.80. The number of thiazole rings is 1. The number of aromatic nitrogens is 3. The monoisotopic (exact) mass is 518 g/mol. The summed E-state index contributed by atoms with van der Waals surface area (Å²) in [6.45, 7) is 6.02. The number of benzene rings is 1. The van der Waals surface area contributed by atoms with E-state index in [4.69, 9.17) is 4.74 Å². The van der Waals surface area contributed by atoms with Gasteiger partial charge in [-0.15, -0.1) is 11.3 Å². The number of rotatable bonds is 5. The minimum absolute atomic E-state index is 0.0514. The fourth-order valence-electron chi connectivity index (χ4n) is 3.84. The van der Waals surface area contributed by atoms with Crippen molar-refractivity contribution >= 4 is 39.1 Å². The molecule has 2 unspecified atom stereocenters. The Morgan fingerprint density at radius 3 is 2.69 bits per heavy atom. The summed E-state index contributed by atoms with van der Waals surface area (Å²) in [5.41, 5.74) is -0.354. The van der Waals surface area contributed by atoms with Crippen molar-refractivity contribution in [1.82, 2.24) is 19.7 Å². The maximum absolute atomic E-state index is 13.8. The molecular formula is C22H23BrN4O4S. The lowest BCUT2D eigenvalue weighted by Gasteiger charge is -2.35. The molecule has 1 fully saturated rings. The molecule has 1 aliphatic heterocycles. The van der Waals surface area contributed by atoms with E-state index in [0.29, 0.717) is 10.6 Å². The van der Waals surface area contributed by atoms with Crippen molar-refractivity contribution in [2.75, 3.05) is 6.61 Å². The number of hydrogen-bond acceptors (Lipinski definition) is 6. The predicted octanol–water partition coefficient (Wildman–Crippen LogP) is 4.09. The number of carbonyl (C=O) groups is 2. The number of ether oxygens (including phenoxy) is 1.